The van der Waals surface area contributed by atoms with Crippen LogP contribution in [0.4, 0.5) is 20.4 Å². The number of benzene rings is 2. The van der Waals surface area contributed by atoms with Crippen LogP contribution < -0.4 is 19.3 Å². The lowest BCUT2D eigenvalue weighted by Gasteiger charge is -2.33. The molecule has 0 bridgehead atoms. The summed E-state index contributed by atoms with van der Waals surface area (Å²) in [5, 5.41) is 0.449. The fourth-order valence-corrected chi connectivity index (χ4v) is 5.30. The molecule has 2 saturated heterocycles. The van der Waals surface area contributed by atoms with Gasteiger partial charge in [-0.3, -0.25) is 14.5 Å². The monoisotopic (exact) mass is 597 g/mol. The lowest BCUT2D eigenvalue weighted by molar-refractivity contribution is -0.118. The first-order chi connectivity index (χ1) is 20.2. The van der Waals surface area contributed by atoms with Gasteiger partial charge in [-0.25, -0.2) is 18.8 Å². The lowest BCUT2D eigenvalue weighted by Crippen LogP contribution is -2.45. The zero-order chi connectivity index (χ0) is 30.0. The van der Waals surface area contributed by atoms with Gasteiger partial charge in [0.25, 0.3) is 5.91 Å². The number of ether oxygens (including phenoxy) is 2. The number of piperazine rings is 1. The van der Waals surface area contributed by atoms with Crippen LogP contribution in [-0.4, -0.2) is 81.9 Å². The molecule has 5 rings (SSSR count). The summed E-state index contributed by atoms with van der Waals surface area (Å²) in [6.45, 7) is 3.05. The van der Waals surface area contributed by atoms with E-state index >= 15 is 8.78 Å². The second-order valence-corrected chi connectivity index (χ2v) is 10.6. The summed E-state index contributed by atoms with van der Waals surface area (Å²) < 4.78 is 41.2. The summed E-state index contributed by atoms with van der Waals surface area (Å²) in [5.41, 5.74) is -0.0492. The Morgan fingerprint density at radius 3 is 2.19 bits per heavy atom. The van der Waals surface area contributed by atoms with Gasteiger partial charge in [0.15, 0.2) is 0 Å². The summed E-state index contributed by atoms with van der Waals surface area (Å²) in [6, 6.07) is 11.6. The van der Waals surface area contributed by atoms with Gasteiger partial charge in [-0.15, -0.1) is 0 Å². The van der Waals surface area contributed by atoms with Gasteiger partial charge in [0, 0.05) is 85.3 Å². The first-order valence-corrected chi connectivity index (χ1v) is 13.7. The number of hydrogen-bond donors (Lipinski definition) is 0. The van der Waals surface area contributed by atoms with Gasteiger partial charge in [0.05, 0.1) is 20.1 Å². The first kappa shape index (κ1) is 29.4. The van der Waals surface area contributed by atoms with Crippen LogP contribution >= 0.6 is 11.6 Å². The average Bonchev–Trinajstić information content (AvgIpc) is 3.31. The van der Waals surface area contributed by atoms with Crippen molar-refractivity contribution in [1.82, 2.24) is 9.88 Å². The average molecular weight is 598 g/mol. The highest BCUT2D eigenvalue weighted by Crippen LogP contribution is 2.40. The molecule has 220 valence electrons. The Labute approximate surface area is 247 Å². The van der Waals surface area contributed by atoms with E-state index in [4.69, 9.17) is 26.1 Å². The molecule has 3 aromatic rings. The summed E-state index contributed by atoms with van der Waals surface area (Å²) in [4.78, 5) is 41.1. The summed E-state index contributed by atoms with van der Waals surface area (Å²) >= 11 is 5.92. The first-order valence-electron chi connectivity index (χ1n) is 13.4. The van der Waals surface area contributed by atoms with Gasteiger partial charge >= 0.3 is 0 Å². The summed E-state index contributed by atoms with van der Waals surface area (Å²) in [7, 11) is 4.86. The second-order valence-electron chi connectivity index (χ2n) is 10.2. The number of carbonyl (C=O) groups excluding carboxylic acids is 2. The highest BCUT2D eigenvalue weighted by atomic mass is 35.5. The number of anilines is 2. The maximum atomic E-state index is 15.3. The van der Waals surface area contributed by atoms with Crippen LogP contribution in [-0.2, 0) is 4.79 Å². The number of rotatable bonds is 7. The molecular formula is C30H30ClF2N5O4. The van der Waals surface area contributed by atoms with Crippen molar-refractivity contribution in [2.45, 2.75) is 5.92 Å². The van der Waals surface area contributed by atoms with E-state index in [0.29, 0.717) is 16.6 Å². The molecule has 0 spiro atoms. The fraction of sp³-hybridized carbons (Fsp3) is 0.333. The SMILES string of the molecule is COc1cc(N2CCN(C)CC2)nc(N2C[C@@H](c3c(F)cc(OC)cc3F)C(C=NC(=O)c3ccc(Cl)cc3)C2=O)c1. The van der Waals surface area contributed by atoms with Gasteiger partial charge in [0.2, 0.25) is 5.91 Å². The topological polar surface area (TPSA) is 87.6 Å². The number of pyridine rings is 1. The Morgan fingerprint density at radius 1 is 0.976 bits per heavy atom. The zero-order valence-electron chi connectivity index (χ0n) is 23.4. The molecule has 0 radical (unpaired) electrons. The quantitative estimate of drug-likeness (QED) is 0.372. The number of methoxy groups -OCH3 is 2. The maximum absolute atomic E-state index is 15.3. The normalized spacial score (nSPS) is 19.5. The molecular weight excluding hydrogens is 568 g/mol. The van der Waals surface area contributed by atoms with Crippen LogP contribution in [0.15, 0.2) is 53.5 Å². The molecule has 42 heavy (non-hydrogen) atoms. The molecule has 1 aromatic heterocycles. The van der Waals surface area contributed by atoms with E-state index in [1.54, 1.807) is 24.3 Å². The lowest BCUT2D eigenvalue weighted by atomic mass is 9.88. The molecule has 0 N–H and O–H groups in total. The number of halogens is 3. The van der Waals surface area contributed by atoms with Gasteiger partial charge in [-0.1, -0.05) is 11.6 Å². The molecule has 0 saturated carbocycles. The molecule has 2 fully saturated rings. The molecule has 2 atom stereocenters. The van der Waals surface area contributed by atoms with Gasteiger partial charge in [0.1, 0.15) is 34.8 Å². The third-order valence-electron chi connectivity index (χ3n) is 7.58. The Hall–Kier alpha value is -4.09. The highest BCUT2D eigenvalue weighted by molar-refractivity contribution is 6.30. The van der Waals surface area contributed by atoms with Crippen molar-refractivity contribution in [2.24, 2.45) is 10.9 Å². The highest BCUT2D eigenvalue weighted by Gasteiger charge is 2.44. The largest absolute Gasteiger partial charge is 0.497 e. The Morgan fingerprint density at radius 2 is 1.57 bits per heavy atom. The van der Waals surface area contributed by atoms with Crippen LogP contribution in [0.1, 0.15) is 21.8 Å². The predicted molar refractivity (Wildman–Crippen MR) is 156 cm³/mol. The molecule has 9 nitrogen and oxygen atoms in total. The van der Waals surface area contributed by atoms with Crippen molar-refractivity contribution in [1.29, 1.82) is 0 Å². The molecule has 3 heterocycles. The third-order valence-corrected chi connectivity index (χ3v) is 7.83. The number of likely N-dealkylation sites (N-methyl/N-ethyl adjacent to an activating group) is 1. The number of carbonyl (C=O) groups is 2. The molecule has 2 aromatic carbocycles. The van der Waals surface area contributed by atoms with Crippen molar-refractivity contribution >= 4 is 41.3 Å². The number of nitrogens with zero attached hydrogens (tertiary/aromatic N) is 5. The molecule has 1 unspecified atom stereocenters. The van der Waals surface area contributed by atoms with Crippen LogP contribution in [0.5, 0.6) is 11.5 Å². The van der Waals surface area contributed by atoms with Crippen LogP contribution in [0.25, 0.3) is 0 Å². The van der Waals surface area contributed by atoms with Gasteiger partial charge in [-0.2, -0.15) is 0 Å². The van der Waals surface area contributed by atoms with Crippen LogP contribution in [0.3, 0.4) is 0 Å². The smallest absolute Gasteiger partial charge is 0.276 e. The molecule has 0 aliphatic carbocycles. The minimum Gasteiger partial charge on any atom is -0.497 e. The number of aliphatic imine (C=N–C) groups is 1. The van der Waals surface area contributed by atoms with E-state index in [9.17, 15) is 9.59 Å². The van der Waals surface area contributed by atoms with E-state index in [0.717, 1.165) is 44.5 Å². The van der Waals surface area contributed by atoms with Crippen molar-refractivity contribution in [2.75, 3.05) is 63.8 Å². The molecule has 2 aliphatic rings. The van der Waals surface area contributed by atoms with E-state index < -0.39 is 35.3 Å². The Balaban J connectivity index is 1.53. The summed E-state index contributed by atoms with van der Waals surface area (Å²) in [5.74, 6) is -3.65. The minimum atomic E-state index is -1.15. The van der Waals surface area contributed by atoms with E-state index in [1.165, 1.54) is 31.3 Å². The maximum Gasteiger partial charge on any atom is 0.276 e. The summed E-state index contributed by atoms with van der Waals surface area (Å²) in [6.07, 6.45) is 1.16. The fourth-order valence-electron chi connectivity index (χ4n) is 5.18. The van der Waals surface area contributed by atoms with Gasteiger partial charge < -0.3 is 19.3 Å². The number of amides is 2. The third kappa shape index (κ3) is 6.07. The van der Waals surface area contributed by atoms with Crippen LogP contribution in [0.2, 0.25) is 5.02 Å². The Kier molecular flexibility index (Phi) is 8.69. The van der Waals surface area contributed by atoms with Gasteiger partial charge in [-0.05, 0) is 31.3 Å². The molecule has 2 amide bonds. The number of aromatic nitrogens is 1. The second kappa shape index (κ2) is 12.4. The standard InChI is InChI=1S/C30H30ClF2N5O4/c1-36-8-10-37(11-9-36)26-14-21(42-3)15-27(35-26)38-17-23(28-24(32)12-20(41-2)13-25(28)33)22(30(38)40)16-34-29(39)18-4-6-19(31)7-5-18/h4-7,12-16,22-23H,8-11,17H2,1-3H3/t22?,23-/m1/s1. The zero-order valence-corrected chi connectivity index (χ0v) is 24.1. The van der Waals surface area contributed by atoms with E-state index in [2.05, 4.69) is 14.8 Å². The molecule has 12 heteroatoms. The number of hydrogen-bond acceptors (Lipinski definition) is 7. The van der Waals surface area contributed by atoms with Crippen molar-refractivity contribution in [3.8, 4) is 11.5 Å². The van der Waals surface area contributed by atoms with Crippen molar-refractivity contribution < 1.29 is 27.8 Å². The minimum absolute atomic E-state index is 0.00402. The van der Waals surface area contributed by atoms with Crippen molar-refractivity contribution in [3.05, 3.63) is 76.3 Å². The van der Waals surface area contributed by atoms with E-state index in [1.807, 2.05) is 7.05 Å². The molecule has 2 aliphatic heterocycles. The van der Waals surface area contributed by atoms with Crippen molar-refractivity contribution in [3.63, 3.8) is 0 Å². The predicted octanol–water partition coefficient (Wildman–Crippen LogP) is 4.44. The van der Waals surface area contributed by atoms with Crippen LogP contribution in [0, 0.1) is 17.6 Å². The van der Waals surface area contributed by atoms with E-state index in [-0.39, 0.29) is 29.2 Å². The Bertz CT molecular complexity index is 1490.